The van der Waals surface area contributed by atoms with Crippen LogP contribution >= 0.6 is 0 Å². The van der Waals surface area contributed by atoms with Crippen LogP contribution in [0, 0.1) is 0 Å². The summed E-state index contributed by atoms with van der Waals surface area (Å²) in [6, 6.07) is 11.7. The predicted octanol–water partition coefficient (Wildman–Crippen LogP) is 2.13. The lowest BCUT2D eigenvalue weighted by atomic mass is 10.2. The summed E-state index contributed by atoms with van der Waals surface area (Å²) in [5, 5.41) is 4.43. The molecule has 3 aromatic rings. The molecule has 0 atom stereocenters. The quantitative estimate of drug-likeness (QED) is 0.757. The number of anilines is 1. The molecule has 0 aliphatic heterocycles. The number of nitrogen functional groups attached to an aromatic ring is 1. The van der Waals surface area contributed by atoms with Crippen molar-refractivity contribution in [1.82, 2.24) is 19.7 Å². The number of aryl methyl sites for hydroxylation is 1. The van der Waals surface area contributed by atoms with E-state index in [2.05, 4.69) is 15.1 Å². The molecule has 0 unspecified atom stereocenters. The van der Waals surface area contributed by atoms with E-state index < -0.39 is 0 Å². The van der Waals surface area contributed by atoms with Gasteiger partial charge in [0.15, 0.2) is 11.6 Å². The Morgan fingerprint density at radius 2 is 1.89 bits per heavy atom. The van der Waals surface area contributed by atoms with Crippen LogP contribution in [0.15, 0.2) is 48.8 Å². The van der Waals surface area contributed by atoms with Gasteiger partial charge in [0, 0.05) is 24.4 Å². The van der Waals surface area contributed by atoms with Gasteiger partial charge in [-0.1, -0.05) is 30.3 Å². The molecule has 3 rings (SSSR count). The highest BCUT2D eigenvalue weighted by molar-refractivity contribution is 5.71. The molecule has 0 bridgehead atoms. The molecular formula is C14H13N5. The van der Waals surface area contributed by atoms with Crippen molar-refractivity contribution in [1.29, 1.82) is 0 Å². The third-order valence-corrected chi connectivity index (χ3v) is 2.89. The minimum Gasteiger partial charge on any atom is -0.397 e. The molecule has 2 aromatic heterocycles. The van der Waals surface area contributed by atoms with Crippen molar-refractivity contribution in [3.05, 3.63) is 48.8 Å². The highest BCUT2D eigenvalue weighted by Crippen LogP contribution is 2.25. The van der Waals surface area contributed by atoms with Crippen LogP contribution in [0.25, 0.3) is 22.8 Å². The van der Waals surface area contributed by atoms with E-state index in [1.807, 2.05) is 43.4 Å². The topological polar surface area (TPSA) is 69.6 Å². The summed E-state index contributed by atoms with van der Waals surface area (Å²) in [5.74, 6) is 1.42. The number of aromatic nitrogens is 4. The van der Waals surface area contributed by atoms with Crippen LogP contribution in [0.5, 0.6) is 0 Å². The second-order valence-corrected chi connectivity index (χ2v) is 4.21. The number of pyridine rings is 1. The summed E-state index contributed by atoms with van der Waals surface area (Å²) in [7, 11) is 1.86. The number of hydrogen-bond acceptors (Lipinski definition) is 4. The molecule has 0 amide bonds. The molecule has 0 aliphatic rings. The predicted molar refractivity (Wildman–Crippen MR) is 74.1 cm³/mol. The first-order chi connectivity index (χ1) is 9.25. The van der Waals surface area contributed by atoms with Crippen molar-refractivity contribution in [3.8, 4) is 22.8 Å². The van der Waals surface area contributed by atoms with Gasteiger partial charge in [0.05, 0.1) is 11.9 Å². The van der Waals surface area contributed by atoms with Gasteiger partial charge < -0.3 is 5.73 Å². The van der Waals surface area contributed by atoms with E-state index in [0.29, 0.717) is 11.5 Å². The number of nitrogens with zero attached hydrogens (tertiary/aromatic N) is 4. The number of benzene rings is 1. The third kappa shape index (κ3) is 2.06. The minimum absolute atomic E-state index is 0.595. The zero-order valence-corrected chi connectivity index (χ0v) is 10.5. The highest BCUT2D eigenvalue weighted by Gasteiger charge is 2.12. The van der Waals surface area contributed by atoms with E-state index in [1.54, 1.807) is 17.1 Å². The Morgan fingerprint density at radius 1 is 1.11 bits per heavy atom. The van der Waals surface area contributed by atoms with Gasteiger partial charge in [0.25, 0.3) is 0 Å². The molecule has 0 saturated carbocycles. The molecule has 94 valence electrons. The molecule has 2 heterocycles. The molecule has 0 spiro atoms. The van der Waals surface area contributed by atoms with Crippen LogP contribution in [0.2, 0.25) is 0 Å². The molecule has 2 N–H and O–H groups in total. The molecule has 0 fully saturated rings. The van der Waals surface area contributed by atoms with Crippen LogP contribution in [0.4, 0.5) is 5.69 Å². The van der Waals surface area contributed by atoms with Gasteiger partial charge in [-0.15, -0.1) is 0 Å². The Morgan fingerprint density at radius 3 is 2.63 bits per heavy atom. The smallest absolute Gasteiger partial charge is 0.181 e. The monoisotopic (exact) mass is 251 g/mol. The Hall–Kier alpha value is -2.69. The summed E-state index contributed by atoms with van der Waals surface area (Å²) in [6.07, 6.45) is 3.31. The van der Waals surface area contributed by atoms with Crippen LogP contribution < -0.4 is 5.73 Å². The van der Waals surface area contributed by atoms with E-state index in [1.165, 1.54) is 0 Å². The average molecular weight is 251 g/mol. The molecule has 0 saturated heterocycles. The lowest BCUT2D eigenvalue weighted by Crippen LogP contribution is -1.98. The second-order valence-electron chi connectivity index (χ2n) is 4.21. The SMILES string of the molecule is Cn1nc(-c2ccccc2)nc1-c1ccncc1N. The summed E-state index contributed by atoms with van der Waals surface area (Å²) in [4.78, 5) is 8.54. The van der Waals surface area contributed by atoms with E-state index in [0.717, 1.165) is 17.0 Å². The van der Waals surface area contributed by atoms with E-state index in [9.17, 15) is 0 Å². The second kappa shape index (κ2) is 4.53. The maximum absolute atomic E-state index is 5.93. The summed E-state index contributed by atoms with van der Waals surface area (Å²) < 4.78 is 1.73. The van der Waals surface area contributed by atoms with E-state index in [-0.39, 0.29) is 0 Å². The Labute approximate surface area is 110 Å². The fraction of sp³-hybridized carbons (Fsp3) is 0.0714. The zero-order chi connectivity index (χ0) is 13.2. The molecule has 0 radical (unpaired) electrons. The number of nitrogens with two attached hydrogens (primary N) is 1. The van der Waals surface area contributed by atoms with Gasteiger partial charge in [-0.3, -0.25) is 4.98 Å². The average Bonchev–Trinajstić information content (AvgIpc) is 2.82. The van der Waals surface area contributed by atoms with Gasteiger partial charge in [-0.25, -0.2) is 9.67 Å². The van der Waals surface area contributed by atoms with Gasteiger partial charge in [-0.2, -0.15) is 5.10 Å². The zero-order valence-electron chi connectivity index (χ0n) is 10.5. The first-order valence-corrected chi connectivity index (χ1v) is 5.92. The molecular weight excluding hydrogens is 238 g/mol. The molecule has 5 heteroatoms. The van der Waals surface area contributed by atoms with Crippen LogP contribution in [-0.4, -0.2) is 19.7 Å². The maximum atomic E-state index is 5.93. The largest absolute Gasteiger partial charge is 0.397 e. The molecule has 19 heavy (non-hydrogen) atoms. The standard InChI is InChI=1S/C14H13N5/c1-19-14(11-7-8-16-9-12(11)15)17-13(18-19)10-5-3-2-4-6-10/h2-9H,15H2,1H3. The van der Waals surface area contributed by atoms with Gasteiger partial charge >= 0.3 is 0 Å². The van der Waals surface area contributed by atoms with Gasteiger partial charge in [0.1, 0.15) is 0 Å². The highest BCUT2D eigenvalue weighted by atomic mass is 15.3. The maximum Gasteiger partial charge on any atom is 0.181 e. The Bertz CT molecular complexity index is 703. The van der Waals surface area contributed by atoms with Crippen molar-refractivity contribution in [2.45, 2.75) is 0 Å². The fourth-order valence-electron chi connectivity index (χ4n) is 1.94. The number of hydrogen-bond donors (Lipinski definition) is 1. The fourth-order valence-corrected chi connectivity index (χ4v) is 1.94. The van der Waals surface area contributed by atoms with Crippen LogP contribution in [0.3, 0.4) is 0 Å². The summed E-state index contributed by atoms with van der Waals surface area (Å²) >= 11 is 0. The van der Waals surface area contributed by atoms with E-state index >= 15 is 0 Å². The van der Waals surface area contributed by atoms with Crippen molar-refractivity contribution >= 4 is 5.69 Å². The van der Waals surface area contributed by atoms with Gasteiger partial charge in [-0.05, 0) is 6.07 Å². The molecule has 5 nitrogen and oxygen atoms in total. The summed E-state index contributed by atoms with van der Waals surface area (Å²) in [6.45, 7) is 0. The number of rotatable bonds is 2. The van der Waals surface area contributed by atoms with Crippen molar-refractivity contribution in [3.63, 3.8) is 0 Å². The molecule has 1 aromatic carbocycles. The van der Waals surface area contributed by atoms with Crippen molar-refractivity contribution < 1.29 is 0 Å². The third-order valence-electron chi connectivity index (χ3n) is 2.89. The van der Waals surface area contributed by atoms with Crippen molar-refractivity contribution in [2.75, 3.05) is 5.73 Å². The lowest BCUT2D eigenvalue weighted by molar-refractivity contribution is 0.777. The first-order valence-electron chi connectivity index (χ1n) is 5.92. The summed E-state index contributed by atoms with van der Waals surface area (Å²) in [5.41, 5.74) is 8.34. The minimum atomic E-state index is 0.595. The van der Waals surface area contributed by atoms with Crippen LogP contribution in [0.1, 0.15) is 0 Å². The van der Waals surface area contributed by atoms with Crippen LogP contribution in [-0.2, 0) is 7.05 Å². The molecule has 0 aliphatic carbocycles. The van der Waals surface area contributed by atoms with Crippen molar-refractivity contribution in [2.24, 2.45) is 7.05 Å². The Kier molecular flexibility index (Phi) is 2.72. The normalized spacial score (nSPS) is 10.6. The van der Waals surface area contributed by atoms with Gasteiger partial charge in [0.2, 0.25) is 0 Å². The Balaban J connectivity index is 2.11. The lowest BCUT2D eigenvalue weighted by Gasteiger charge is -2.02. The first kappa shape index (κ1) is 11.4. The van der Waals surface area contributed by atoms with E-state index in [4.69, 9.17) is 5.73 Å².